The molecule has 0 saturated carbocycles. The molecule has 4 nitrogen and oxygen atoms in total. The number of hydrogen-bond acceptors (Lipinski definition) is 4. The SMILES string of the molecule is CC(CCN1NC2CCCCCN2N1)=C(C(C)C)C(C)C. The Balaban J connectivity index is 1.87. The highest BCUT2D eigenvalue weighted by Gasteiger charge is 2.30. The van der Waals surface area contributed by atoms with Crippen LogP contribution in [-0.2, 0) is 0 Å². The van der Waals surface area contributed by atoms with Gasteiger partial charge in [-0.15, -0.1) is 0 Å². The van der Waals surface area contributed by atoms with Crippen molar-refractivity contribution in [2.24, 2.45) is 11.8 Å². The summed E-state index contributed by atoms with van der Waals surface area (Å²) in [5, 5.41) is 4.57. The third kappa shape index (κ3) is 4.52. The minimum atomic E-state index is 0.492. The lowest BCUT2D eigenvalue weighted by Gasteiger charge is -2.22. The van der Waals surface area contributed by atoms with Crippen molar-refractivity contribution in [3.05, 3.63) is 11.1 Å². The quantitative estimate of drug-likeness (QED) is 0.760. The highest BCUT2D eigenvalue weighted by atomic mass is 16.0. The molecule has 2 heterocycles. The molecule has 0 aromatic rings. The topological polar surface area (TPSA) is 30.5 Å². The van der Waals surface area contributed by atoms with E-state index < -0.39 is 0 Å². The number of nitrogens with one attached hydrogen (secondary N) is 2. The Morgan fingerprint density at radius 2 is 1.81 bits per heavy atom. The van der Waals surface area contributed by atoms with Crippen LogP contribution in [-0.4, -0.2) is 29.4 Å². The molecule has 2 fully saturated rings. The van der Waals surface area contributed by atoms with E-state index in [4.69, 9.17) is 0 Å². The summed E-state index contributed by atoms with van der Waals surface area (Å²) < 4.78 is 0. The molecule has 4 heteroatoms. The van der Waals surface area contributed by atoms with Gasteiger partial charge in [-0.2, -0.15) is 10.7 Å². The Morgan fingerprint density at radius 1 is 1.10 bits per heavy atom. The third-order valence-electron chi connectivity index (χ3n) is 4.75. The predicted molar refractivity (Wildman–Crippen MR) is 88.9 cm³/mol. The lowest BCUT2D eigenvalue weighted by Crippen LogP contribution is -2.42. The van der Waals surface area contributed by atoms with Crippen LogP contribution in [0.5, 0.6) is 0 Å². The van der Waals surface area contributed by atoms with Crippen LogP contribution in [0.1, 0.15) is 66.7 Å². The van der Waals surface area contributed by atoms with Gasteiger partial charge in [0.2, 0.25) is 0 Å². The highest BCUT2D eigenvalue weighted by molar-refractivity contribution is 5.16. The van der Waals surface area contributed by atoms with Gasteiger partial charge in [0, 0.05) is 13.1 Å². The van der Waals surface area contributed by atoms with Gasteiger partial charge in [0.05, 0.1) is 6.17 Å². The van der Waals surface area contributed by atoms with E-state index in [0.29, 0.717) is 18.0 Å². The zero-order valence-corrected chi connectivity index (χ0v) is 14.6. The Kier molecular flexibility index (Phi) is 6.23. The van der Waals surface area contributed by atoms with E-state index in [-0.39, 0.29) is 0 Å². The molecule has 2 aliphatic heterocycles. The standard InChI is InChI=1S/C17H34N4/c1-13(2)17(14(3)4)15(5)10-12-21-18-16-9-7-6-8-11-20(16)19-21/h13-14,16,18-19H,6-12H2,1-5H3. The fourth-order valence-electron chi connectivity index (χ4n) is 3.92. The summed E-state index contributed by atoms with van der Waals surface area (Å²) in [6.07, 6.45) is 6.89. The summed E-state index contributed by atoms with van der Waals surface area (Å²) in [6.45, 7) is 13.8. The van der Waals surface area contributed by atoms with Crippen LogP contribution in [0, 0.1) is 11.8 Å². The second-order valence-corrected chi connectivity index (χ2v) is 7.23. The van der Waals surface area contributed by atoms with E-state index in [0.717, 1.165) is 19.5 Å². The highest BCUT2D eigenvalue weighted by Crippen LogP contribution is 2.25. The minimum absolute atomic E-state index is 0.492. The Bertz CT molecular complexity index is 338. The van der Waals surface area contributed by atoms with E-state index in [1.807, 2.05) is 0 Å². The van der Waals surface area contributed by atoms with Crippen molar-refractivity contribution in [2.45, 2.75) is 72.9 Å². The average molecular weight is 294 g/mol. The summed E-state index contributed by atoms with van der Waals surface area (Å²) >= 11 is 0. The first kappa shape index (κ1) is 16.9. The van der Waals surface area contributed by atoms with Crippen LogP contribution in [0.4, 0.5) is 0 Å². The molecule has 1 unspecified atom stereocenters. The molecule has 0 radical (unpaired) electrons. The molecular formula is C17H34N4. The summed E-state index contributed by atoms with van der Waals surface area (Å²) in [5.41, 5.74) is 10.3. The van der Waals surface area contributed by atoms with Crippen molar-refractivity contribution < 1.29 is 0 Å². The lowest BCUT2D eigenvalue weighted by atomic mass is 9.87. The van der Waals surface area contributed by atoms with Gasteiger partial charge in [0.25, 0.3) is 0 Å². The molecular weight excluding hydrogens is 260 g/mol. The Hall–Kier alpha value is -0.420. The molecule has 0 aliphatic carbocycles. The van der Waals surface area contributed by atoms with E-state index in [1.165, 1.54) is 25.7 Å². The van der Waals surface area contributed by atoms with E-state index in [9.17, 15) is 0 Å². The van der Waals surface area contributed by atoms with Gasteiger partial charge in [-0.05, 0) is 38.0 Å². The van der Waals surface area contributed by atoms with E-state index in [1.54, 1.807) is 11.1 Å². The molecule has 0 bridgehead atoms. The second kappa shape index (κ2) is 7.73. The summed E-state index contributed by atoms with van der Waals surface area (Å²) in [7, 11) is 0. The molecule has 2 saturated heterocycles. The number of fused-ring (bicyclic) bond motifs is 1. The first-order valence-electron chi connectivity index (χ1n) is 8.75. The Morgan fingerprint density at radius 3 is 2.48 bits per heavy atom. The van der Waals surface area contributed by atoms with E-state index in [2.05, 4.69) is 55.7 Å². The molecule has 2 rings (SSSR count). The fourth-order valence-corrected chi connectivity index (χ4v) is 3.92. The van der Waals surface area contributed by atoms with E-state index >= 15 is 0 Å². The van der Waals surface area contributed by atoms with Gasteiger partial charge in [0.1, 0.15) is 0 Å². The van der Waals surface area contributed by atoms with Gasteiger partial charge < -0.3 is 0 Å². The smallest absolute Gasteiger partial charge is 0.0890 e. The average Bonchev–Trinajstić information content (AvgIpc) is 2.65. The molecule has 0 aromatic carbocycles. The summed E-state index contributed by atoms with van der Waals surface area (Å²) in [5.74, 6) is 1.30. The maximum absolute atomic E-state index is 3.61. The van der Waals surface area contributed by atoms with Crippen molar-refractivity contribution in [3.63, 3.8) is 0 Å². The molecule has 1 atom stereocenters. The van der Waals surface area contributed by atoms with Crippen molar-refractivity contribution in [3.8, 4) is 0 Å². The maximum Gasteiger partial charge on any atom is 0.0890 e. The second-order valence-electron chi connectivity index (χ2n) is 7.23. The molecule has 122 valence electrons. The van der Waals surface area contributed by atoms with Gasteiger partial charge >= 0.3 is 0 Å². The van der Waals surface area contributed by atoms with Crippen LogP contribution in [0.2, 0.25) is 0 Å². The van der Waals surface area contributed by atoms with Crippen LogP contribution >= 0.6 is 0 Å². The molecule has 2 aliphatic rings. The molecule has 21 heavy (non-hydrogen) atoms. The Labute approximate surface area is 130 Å². The van der Waals surface area contributed by atoms with Gasteiger partial charge in [-0.3, -0.25) is 0 Å². The zero-order chi connectivity index (χ0) is 15.4. The first-order chi connectivity index (χ1) is 9.99. The predicted octanol–water partition coefficient (Wildman–Crippen LogP) is 3.45. The van der Waals surface area contributed by atoms with Gasteiger partial charge in [-0.25, -0.2) is 10.4 Å². The summed E-state index contributed by atoms with van der Waals surface area (Å²) in [6, 6.07) is 0. The number of allylic oxidation sites excluding steroid dienone is 1. The van der Waals surface area contributed by atoms with Crippen molar-refractivity contribution in [1.29, 1.82) is 0 Å². The van der Waals surface area contributed by atoms with Crippen molar-refractivity contribution in [2.75, 3.05) is 13.1 Å². The largest absolute Gasteiger partial charge is 0.222 e. The summed E-state index contributed by atoms with van der Waals surface area (Å²) in [4.78, 5) is 0. The zero-order valence-electron chi connectivity index (χ0n) is 14.6. The van der Waals surface area contributed by atoms with Gasteiger partial charge in [-0.1, -0.05) is 51.7 Å². The fraction of sp³-hybridized carbons (Fsp3) is 0.882. The molecule has 0 aromatic heterocycles. The number of nitrogens with zero attached hydrogens (tertiary/aromatic N) is 2. The van der Waals surface area contributed by atoms with Gasteiger partial charge in [0.15, 0.2) is 0 Å². The third-order valence-corrected chi connectivity index (χ3v) is 4.75. The van der Waals surface area contributed by atoms with Crippen LogP contribution in [0.15, 0.2) is 11.1 Å². The first-order valence-corrected chi connectivity index (χ1v) is 8.75. The maximum atomic E-state index is 3.61. The van der Waals surface area contributed by atoms with Crippen LogP contribution in [0.25, 0.3) is 0 Å². The number of hydrogen-bond donors (Lipinski definition) is 2. The normalized spacial score (nSPS) is 24.4. The molecule has 2 N–H and O–H groups in total. The molecule has 0 amide bonds. The minimum Gasteiger partial charge on any atom is -0.222 e. The van der Waals surface area contributed by atoms with Crippen molar-refractivity contribution in [1.82, 2.24) is 21.1 Å². The lowest BCUT2D eigenvalue weighted by molar-refractivity contribution is 0.0961. The van der Waals surface area contributed by atoms with Crippen LogP contribution < -0.4 is 11.0 Å². The number of rotatable bonds is 5. The number of hydrazine groups is 3. The van der Waals surface area contributed by atoms with Crippen LogP contribution in [0.3, 0.4) is 0 Å². The monoisotopic (exact) mass is 294 g/mol. The van der Waals surface area contributed by atoms with Crippen molar-refractivity contribution >= 4 is 0 Å². The molecule has 0 spiro atoms.